The van der Waals surface area contributed by atoms with Crippen molar-refractivity contribution < 1.29 is 13.5 Å². The van der Waals surface area contributed by atoms with Crippen molar-refractivity contribution in [3.05, 3.63) is 65.5 Å². The lowest BCUT2D eigenvalue weighted by atomic mass is 10.1. The number of anilines is 3. The van der Waals surface area contributed by atoms with Gasteiger partial charge in [-0.05, 0) is 29.8 Å². The van der Waals surface area contributed by atoms with Crippen LogP contribution in [0.5, 0.6) is 0 Å². The Balaban J connectivity index is 1.31. The maximum Gasteiger partial charge on any atom is 0.245 e. The second-order valence-electron chi connectivity index (χ2n) is 8.56. The fourth-order valence-corrected chi connectivity index (χ4v) is 5.78. The highest BCUT2D eigenvalue weighted by atomic mass is 32.2. The molecule has 0 amide bonds. The van der Waals surface area contributed by atoms with E-state index < -0.39 is 10.0 Å². The number of rotatable bonds is 9. The van der Waals surface area contributed by atoms with E-state index in [0.29, 0.717) is 50.0 Å². The van der Waals surface area contributed by atoms with Gasteiger partial charge in [0.2, 0.25) is 16.0 Å². The van der Waals surface area contributed by atoms with Gasteiger partial charge >= 0.3 is 0 Å². The van der Waals surface area contributed by atoms with Gasteiger partial charge in [-0.15, -0.1) is 0 Å². The summed E-state index contributed by atoms with van der Waals surface area (Å²) in [7, 11) is -3.68. The second-order valence-corrected chi connectivity index (χ2v) is 10.5. The minimum absolute atomic E-state index is 0.127. The zero-order chi connectivity index (χ0) is 25.7. The molecule has 1 fully saturated rings. The van der Waals surface area contributed by atoms with E-state index in [1.165, 1.54) is 4.31 Å². The van der Waals surface area contributed by atoms with Crippen molar-refractivity contribution in [2.75, 3.05) is 50.0 Å². The van der Waals surface area contributed by atoms with E-state index in [9.17, 15) is 13.5 Å². The molecule has 3 heterocycles. The molecule has 0 saturated carbocycles. The van der Waals surface area contributed by atoms with Crippen molar-refractivity contribution in [3.8, 4) is 0 Å². The van der Waals surface area contributed by atoms with Crippen molar-refractivity contribution >= 4 is 45.2 Å². The van der Waals surface area contributed by atoms with Gasteiger partial charge in [-0.25, -0.2) is 18.4 Å². The number of hydrogen-bond donors (Lipinski definition) is 4. The van der Waals surface area contributed by atoms with E-state index >= 15 is 0 Å². The van der Waals surface area contributed by atoms with Crippen LogP contribution in [-0.4, -0.2) is 67.1 Å². The number of aromatic nitrogens is 2. The molecule has 37 heavy (non-hydrogen) atoms. The lowest BCUT2D eigenvalue weighted by Crippen LogP contribution is -2.46. The number of azo groups is 1. The summed E-state index contributed by atoms with van der Waals surface area (Å²) in [5, 5.41) is 26.8. The van der Waals surface area contributed by atoms with Gasteiger partial charge in [0.15, 0.2) is 0 Å². The number of hydrogen-bond acceptors (Lipinski definition) is 10. The minimum atomic E-state index is -3.68. The highest BCUT2D eigenvalue weighted by molar-refractivity contribution is 7.89. The first-order chi connectivity index (χ1) is 18.0. The first-order valence-corrected chi connectivity index (χ1v) is 13.4. The van der Waals surface area contributed by atoms with Crippen LogP contribution >= 0.6 is 0 Å². The van der Waals surface area contributed by atoms with Gasteiger partial charge in [-0.2, -0.15) is 14.5 Å². The summed E-state index contributed by atoms with van der Waals surface area (Å²) in [6, 6.07) is 10.9. The van der Waals surface area contributed by atoms with Crippen LogP contribution in [0.2, 0.25) is 0 Å². The fraction of sp³-hybridized carbons (Fsp3) is 0.280. The van der Waals surface area contributed by atoms with Crippen molar-refractivity contribution in [2.45, 2.75) is 11.4 Å². The molecule has 0 radical (unpaired) electrons. The second kappa shape index (κ2) is 11.1. The number of aliphatic hydroxyl groups is 1. The zero-order valence-corrected chi connectivity index (χ0v) is 20.9. The van der Waals surface area contributed by atoms with Gasteiger partial charge in [0.1, 0.15) is 4.90 Å². The Labute approximate surface area is 215 Å². The van der Waals surface area contributed by atoms with E-state index in [1.807, 2.05) is 30.4 Å². The standard InChI is InChI=1S/C25H28N8O3S/c34-13-10-27-23-14-20(6-7-24(23)37(35,36)33-11-8-26-9-12-33)31-25-28-15-18(16-29-25)4-5-19-2-1-3-22-21(19)17-30-32-22/h1-7,14-16,26-27,34H,8-13,17H2,(H,28,29,31)/b5-4+. The largest absolute Gasteiger partial charge is 0.395 e. The lowest BCUT2D eigenvalue weighted by Gasteiger charge is -2.27. The summed E-state index contributed by atoms with van der Waals surface area (Å²) in [5.41, 5.74) is 4.92. The minimum Gasteiger partial charge on any atom is -0.395 e. The van der Waals surface area contributed by atoms with Crippen LogP contribution < -0.4 is 16.0 Å². The quantitative estimate of drug-likeness (QED) is 0.337. The Morgan fingerprint density at radius 3 is 2.68 bits per heavy atom. The molecule has 2 aliphatic rings. The first kappa shape index (κ1) is 25.0. The molecule has 5 rings (SSSR count). The molecular formula is C25H28N8O3S. The molecule has 12 heteroatoms. The van der Waals surface area contributed by atoms with Crippen LogP contribution in [0.3, 0.4) is 0 Å². The van der Waals surface area contributed by atoms with Crippen molar-refractivity contribution in [2.24, 2.45) is 10.2 Å². The molecule has 0 spiro atoms. The fourth-order valence-electron chi connectivity index (χ4n) is 4.19. The molecule has 1 saturated heterocycles. The molecular weight excluding hydrogens is 492 g/mol. The predicted octanol–water partition coefficient (Wildman–Crippen LogP) is 2.99. The number of piperazine rings is 1. The number of aliphatic hydroxyl groups excluding tert-OH is 1. The number of fused-ring (bicyclic) bond motifs is 1. The van der Waals surface area contributed by atoms with Gasteiger partial charge in [0.05, 0.1) is 24.5 Å². The zero-order valence-electron chi connectivity index (χ0n) is 20.1. The summed E-state index contributed by atoms with van der Waals surface area (Å²) in [4.78, 5) is 8.95. The van der Waals surface area contributed by atoms with E-state index in [-0.39, 0.29) is 18.0 Å². The van der Waals surface area contributed by atoms with Crippen LogP contribution in [0, 0.1) is 0 Å². The van der Waals surface area contributed by atoms with E-state index in [0.717, 1.165) is 22.4 Å². The monoisotopic (exact) mass is 520 g/mol. The Hall–Kier alpha value is -3.71. The van der Waals surface area contributed by atoms with Crippen molar-refractivity contribution in [1.29, 1.82) is 0 Å². The maximum absolute atomic E-state index is 13.2. The average molecular weight is 521 g/mol. The van der Waals surface area contributed by atoms with Gasteiger partial charge in [0.25, 0.3) is 0 Å². The SMILES string of the molecule is O=S(=O)(c1ccc(Nc2ncc(/C=C/c3cccc4c3CN=N4)cn2)cc1NCCO)N1CCNCC1. The van der Waals surface area contributed by atoms with Crippen molar-refractivity contribution in [3.63, 3.8) is 0 Å². The Morgan fingerprint density at radius 2 is 1.89 bits per heavy atom. The molecule has 3 aromatic rings. The number of sulfonamides is 1. The third kappa shape index (κ3) is 5.67. The van der Waals surface area contributed by atoms with Crippen LogP contribution in [0.4, 0.5) is 23.0 Å². The van der Waals surface area contributed by atoms with Crippen LogP contribution in [0.25, 0.3) is 12.2 Å². The molecule has 0 bridgehead atoms. The maximum atomic E-state index is 13.2. The summed E-state index contributed by atoms with van der Waals surface area (Å²) in [6.45, 7) is 2.72. The smallest absolute Gasteiger partial charge is 0.245 e. The highest BCUT2D eigenvalue weighted by Gasteiger charge is 2.28. The normalized spacial score (nSPS) is 15.7. The summed E-state index contributed by atoms with van der Waals surface area (Å²) < 4.78 is 27.9. The molecule has 192 valence electrons. The molecule has 0 unspecified atom stereocenters. The van der Waals surface area contributed by atoms with Gasteiger partial charge < -0.3 is 21.1 Å². The number of benzene rings is 2. The van der Waals surface area contributed by atoms with Gasteiger partial charge in [-0.1, -0.05) is 24.3 Å². The molecule has 2 aromatic carbocycles. The predicted molar refractivity (Wildman–Crippen MR) is 143 cm³/mol. The van der Waals surface area contributed by atoms with Crippen LogP contribution in [-0.2, 0) is 16.6 Å². The van der Waals surface area contributed by atoms with Crippen LogP contribution in [0.1, 0.15) is 16.7 Å². The number of nitrogens with zero attached hydrogens (tertiary/aromatic N) is 5. The van der Waals surface area contributed by atoms with E-state index in [1.54, 1.807) is 30.6 Å². The average Bonchev–Trinajstić information content (AvgIpc) is 3.42. The summed E-state index contributed by atoms with van der Waals surface area (Å²) >= 11 is 0. The van der Waals surface area contributed by atoms with Crippen LogP contribution in [0.15, 0.2) is 63.9 Å². The highest BCUT2D eigenvalue weighted by Crippen LogP contribution is 2.31. The molecule has 0 atom stereocenters. The molecule has 1 aromatic heterocycles. The third-order valence-corrected chi connectivity index (χ3v) is 8.04. The van der Waals surface area contributed by atoms with E-state index in [2.05, 4.69) is 36.1 Å². The Bertz CT molecular complexity index is 1420. The summed E-state index contributed by atoms with van der Waals surface area (Å²) in [5.74, 6) is 0.376. The molecule has 4 N–H and O–H groups in total. The third-order valence-electron chi connectivity index (χ3n) is 6.08. The topological polar surface area (TPSA) is 144 Å². The Morgan fingerprint density at radius 1 is 1.08 bits per heavy atom. The van der Waals surface area contributed by atoms with E-state index in [4.69, 9.17) is 0 Å². The van der Waals surface area contributed by atoms with Crippen molar-refractivity contribution in [1.82, 2.24) is 19.6 Å². The number of nitrogens with one attached hydrogen (secondary N) is 3. The lowest BCUT2D eigenvalue weighted by molar-refractivity contribution is 0.311. The first-order valence-electron chi connectivity index (χ1n) is 12.0. The van der Waals surface area contributed by atoms with Gasteiger partial charge in [-0.3, -0.25) is 0 Å². The summed E-state index contributed by atoms with van der Waals surface area (Å²) in [6.07, 6.45) is 7.35. The molecule has 0 aliphatic carbocycles. The molecule has 11 nitrogen and oxygen atoms in total. The Kier molecular flexibility index (Phi) is 7.51. The van der Waals surface area contributed by atoms with Gasteiger partial charge in [0, 0.05) is 61.9 Å². The molecule has 2 aliphatic heterocycles.